The van der Waals surface area contributed by atoms with Gasteiger partial charge in [0.05, 0.1) is 20.6 Å². The predicted molar refractivity (Wildman–Crippen MR) is 81.8 cm³/mol. The Hall–Kier alpha value is -2.24. The van der Waals surface area contributed by atoms with Crippen LogP contribution in [0.1, 0.15) is 18.4 Å². The van der Waals surface area contributed by atoms with E-state index < -0.39 is 0 Å². The Kier molecular flexibility index (Phi) is 5.63. The van der Waals surface area contributed by atoms with Gasteiger partial charge in [0.15, 0.2) is 0 Å². The number of hydrogen-bond donors (Lipinski definition) is 1. The Morgan fingerprint density at radius 1 is 1.23 bits per heavy atom. The summed E-state index contributed by atoms with van der Waals surface area (Å²) < 4.78 is 9.95. The van der Waals surface area contributed by atoms with Crippen LogP contribution in [0.25, 0.3) is 0 Å². The number of nitrogens with zero attached hydrogens (tertiary/aromatic N) is 1. The van der Waals surface area contributed by atoms with Crippen molar-refractivity contribution in [1.29, 1.82) is 0 Å². The standard InChI is InChI=1S/C16H22N2O4/c1-21-14-6-4-3-5-12(14)11-15(19)17-13-7-9-18(10-8-13)16(20)22-2/h3-6,13H,7-11H2,1-2H3,(H,17,19). The van der Waals surface area contributed by atoms with Crippen molar-refractivity contribution in [3.05, 3.63) is 29.8 Å². The van der Waals surface area contributed by atoms with Gasteiger partial charge in [0, 0.05) is 24.7 Å². The minimum absolute atomic E-state index is 0.0268. The number of piperidine rings is 1. The van der Waals surface area contributed by atoms with Crippen molar-refractivity contribution in [2.45, 2.75) is 25.3 Å². The average molecular weight is 306 g/mol. The number of methoxy groups -OCH3 is 2. The van der Waals surface area contributed by atoms with E-state index in [9.17, 15) is 9.59 Å². The molecular weight excluding hydrogens is 284 g/mol. The number of amides is 2. The van der Waals surface area contributed by atoms with Crippen molar-refractivity contribution in [2.24, 2.45) is 0 Å². The highest BCUT2D eigenvalue weighted by Gasteiger charge is 2.24. The number of likely N-dealkylation sites (tertiary alicyclic amines) is 1. The maximum atomic E-state index is 12.1. The highest BCUT2D eigenvalue weighted by atomic mass is 16.5. The van der Waals surface area contributed by atoms with Gasteiger partial charge in [-0.3, -0.25) is 4.79 Å². The van der Waals surface area contributed by atoms with Gasteiger partial charge in [-0.1, -0.05) is 18.2 Å². The van der Waals surface area contributed by atoms with Crippen molar-refractivity contribution < 1.29 is 19.1 Å². The van der Waals surface area contributed by atoms with E-state index >= 15 is 0 Å². The smallest absolute Gasteiger partial charge is 0.409 e. The zero-order valence-electron chi connectivity index (χ0n) is 13.0. The molecule has 6 heteroatoms. The minimum Gasteiger partial charge on any atom is -0.496 e. The third-order valence-corrected chi connectivity index (χ3v) is 3.84. The normalized spacial score (nSPS) is 15.3. The van der Waals surface area contributed by atoms with E-state index in [2.05, 4.69) is 5.32 Å². The number of nitrogens with one attached hydrogen (secondary N) is 1. The molecule has 1 fully saturated rings. The van der Waals surface area contributed by atoms with E-state index in [1.165, 1.54) is 7.11 Å². The van der Waals surface area contributed by atoms with Crippen LogP contribution in [0.3, 0.4) is 0 Å². The van der Waals surface area contributed by atoms with Crippen molar-refractivity contribution in [3.8, 4) is 5.75 Å². The largest absolute Gasteiger partial charge is 0.496 e. The summed E-state index contributed by atoms with van der Waals surface area (Å²) in [6, 6.07) is 7.60. The van der Waals surface area contributed by atoms with Gasteiger partial charge in [-0.25, -0.2) is 4.79 Å². The van der Waals surface area contributed by atoms with E-state index in [0.29, 0.717) is 19.5 Å². The van der Waals surface area contributed by atoms with Crippen LogP contribution in [-0.4, -0.2) is 50.3 Å². The second-order valence-electron chi connectivity index (χ2n) is 5.29. The molecule has 22 heavy (non-hydrogen) atoms. The molecule has 0 radical (unpaired) electrons. The first kappa shape index (κ1) is 16.1. The molecule has 1 aliphatic heterocycles. The fraction of sp³-hybridized carbons (Fsp3) is 0.500. The summed E-state index contributed by atoms with van der Waals surface area (Å²) in [6.07, 6.45) is 1.47. The molecule has 1 heterocycles. The maximum Gasteiger partial charge on any atom is 0.409 e. The predicted octanol–water partition coefficient (Wildman–Crippen LogP) is 1.58. The number of benzene rings is 1. The Morgan fingerprint density at radius 3 is 2.55 bits per heavy atom. The topological polar surface area (TPSA) is 67.9 Å². The first-order valence-corrected chi connectivity index (χ1v) is 7.38. The Labute approximate surface area is 130 Å². The lowest BCUT2D eigenvalue weighted by atomic mass is 10.0. The lowest BCUT2D eigenvalue weighted by Gasteiger charge is -2.31. The molecule has 0 aromatic heterocycles. The van der Waals surface area contributed by atoms with Crippen LogP contribution in [0.4, 0.5) is 4.79 Å². The molecule has 1 aliphatic rings. The number of para-hydroxylation sites is 1. The van der Waals surface area contributed by atoms with Crippen LogP contribution in [0.15, 0.2) is 24.3 Å². The quantitative estimate of drug-likeness (QED) is 0.917. The highest BCUT2D eigenvalue weighted by molar-refractivity contribution is 5.79. The molecule has 6 nitrogen and oxygen atoms in total. The van der Waals surface area contributed by atoms with Crippen molar-refractivity contribution in [2.75, 3.05) is 27.3 Å². The Bertz CT molecular complexity index is 525. The van der Waals surface area contributed by atoms with Gasteiger partial charge < -0.3 is 19.7 Å². The lowest BCUT2D eigenvalue weighted by molar-refractivity contribution is -0.121. The molecule has 0 saturated carbocycles. The lowest BCUT2D eigenvalue weighted by Crippen LogP contribution is -2.46. The van der Waals surface area contributed by atoms with Crippen molar-refractivity contribution >= 4 is 12.0 Å². The average Bonchev–Trinajstić information content (AvgIpc) is 2.55. The Morgan fingerprint density at radius 2 is 1.91 bits per heavy atom. The summed E-state index contributed by atoms with van der Waals surface area (Å²) in [5, 5.41) is 3.02. The minimum atomic E-state index is -0.307. The maximum absolute atomic E-state index is 12.1. The van der Waals surface area contributed by atoms with Crippen molar-refractivity contribution in [1.82, 2.24) is 10.2 Å². The van der Waals surface area contributed by atoms with E-state index in [1.54, 1.807) is 12.0 Å². The summed E-state index contributed by atoms with van der Waals surface area (Å²) in [5.41, 5.74) is 0.870. The van der Waals surface area contributed by atoms with Gasteiger partial charge in [0.1, 0.15) is 5.75 Å². The summed E-state index contributed by atoms with van der Waals surface area (Å²) in [6.45, 7) is 1.21. The zero-order chi connectivity index (χ0) is 15.9. The Balaban J connectivity index is 1.82. The van der Waals surface area contributed by atoms with Crippen LogP contribution in [-0.2, 0) is 16.0 Å². The molecule has 2 rings (SSSR count). The fourth-order valence-electron chi connectivity index (χ4n) is 2.64. The van der Waals surface area contributed by atoms with Gasteiger partial charge in [-0.05, 0) is 18.9 Å². The molecule has 1 saturated heterocycles. The molecule has 1 aromatic rings. The van der Waals surface area contributed by atoms with Crippen LogP contribution < -0.4 is 10.1 Å². The van der Waals surface area contributed by atoms with Gasteiger partial charge in [-0.2, -0.15) is 0 Å². The SMILES string of the molecule is COC(=O)N1CCC(NC(=O)Cc2ccccc2OC)CC1. The zero-order valence-corrected chi connectivity index (χ0v) is 13.0. The molecule has 1 N–H and O–H groups in total. The van der Waals surface area contributed by atoms with Crippen LogP contribution in [0.5, 0.6) is 5.75 Å². The number of carbonyl (C=O) groups excluding carboxylic acids is 2. The second kappa shape index (κ2) is 7.68. The molecule has 0 bridgehead atoms. The van der Waals surface area contributed by atoms with E-state index in [0.717, 1.165) is 24.2 Å². The second-order valence-corrected chi connectivity index (χ2v) is 5.29. The molecule has 0 atom stereocenters. The summed E-state index contributed by atoms with van der Waals surface area (Å²) >= 11 is 0. The highest BCUT2D eigenvalue weighted by Crippen LogP contribution is 2.18. The van der Waals surface area contributed by atoms with E-state index in [1.807, 2.05) is 24.3 Å². The third kappa shape index (κ3) is 4.13. The summed E-state index contributed by atoms with van der Waals surface area (Å²) in [4.78, 5) is 25.2. The molecule has 2 amide bonds. The van der Waals surface area contributed by atoms with E-state index in [4.69, 9.17) is 9.47 Å². The molecule has 120 valence electrons. The third-order valence-electron chi connectivity index (χ3n) is 3.84. The molecule has 0 unspecified atom stereocenters. The van der Waals surface area contributed by atoms with Gasteiger partial charge in [0.2, 0.25) is 5.91 Å². The number of ether oxygens (including phenoxy) is 2. The molecular formula is C16H22N2O4. The summed E-state index contributed by atoms with van der Waals surface area (Å²) in [5.74, 6) is 0.694. The van der Waals surface area contributed by atoms with Gasteiger partial charge >= 0.3 is 6.09 Å². The number of carbonyl (C=O) groups is 2. The van der Waals surface area contributed by atoms with Crippen LogP contribution in [0.2, 0.25) is 0 Å². The monoisotopic (exact) mass is 306 g/mol. The van der Waals surface area contributed by atoms with Crippen LogP contribution in [0, 0.1) is 0 Å². The van der Waals surface area contributed by atoms with E-state index in [-0.39, 0.29) is 18.0 Å². The van der Waals surface area contributed by atoms with Crippen molar-refractivity contribution in [3.63, 3.8) is 0 Å². The first-order valence-electron chi connectivity index (χ1n) is 7.38. The molecule has 0 aliphatic carbocycles. The molecule has 0 spiro atoms. The first-order chi connectivity index (χ1) is 10.6. The summed E-state index contributed by atoms with van der Waals surface area (Å²) in [7, 11) is 2.97. The van der Waals surface area contributed by atoms with Crippen LogP contribution >= 0.6 is 0 Å². The van der Waals surface area contributed by atoms with Gasteiger partial charge in [-0.15, -0.1) is 0 Å². The fourth-order valence-corrected chi connectivity index (χ4v) is 2.64. The molecule has 1 aromatic carbocycles. The number of rotatable bonds is 4. The number of hydrogen-bond acceptors (Lipinski definition) is 4. The van der Waals surface area contributed by atoms with Gasteiger partial charge in [0.25, 0.3) is 0 Å².